The molecule has 0 aliphatic carbocycles. The lowest BCUT2D eigenvalue weighted by molar-refractivity contribution is -0.283. The molecule has 6 N–H and O–H groups in total. The van der Waals surface area contributed by atoms with Crippen LogP contribution in [0.15, 0.2) is 60.7 Å². The van der Waals surface area contributed by atoms with Crippen LogP contribution in [0.5, 0.6) is 0 Å². The number of benzene rings is 2. The molecule has 238 valence electrons. The van der Waals surface area contributed by atoms with Gasteiger partial charge >= 0.3 is 0 Å². The van der Waals surface area contributed by atoms with E-state index >= 15 is 0 Å². The monoisotopic (exact) mass is 602 g/mol. The minimum absolute atomic E-state index is 0.0135. The van der Waals surface area contributed by atoms with Gasteiger partial charge in [0.15, 0.2) is 12.6 Å². The second-order valence-electron chi connectivity index (χ2n) is 11.8. The second-order valence-corrected chi connectivity index (χ2v) is 11.8. The molecule has 0 radical (unpaired) electrons. The van der Waals surface area contributed by atoms with Crippen molar-refractivity contribution in [2.24, 2.45) is 5.92 Å². The van der Waals surface area contributed by atoms with E-state index in [1.807, 2.05) is 65.6 Å². The van der Waals surface area contributed by atoms with Crippen LogP contribution in [0.2, 0.25) is 0 Å². The van der Waals surface area contributed by atoms with Crippen molar-refractivity contribution in [3.8, 4) is 0 Å². The molecule has 5 rings (SSSR count). The predicted octanol–water partition coefficient (Wildman–Crippen LogP) is 0.711. The number of nitrogens with zero attached hydrogens (tertiary/aromatic N) is 1. The molecule has 0 bridgehead atoms. The van der Waals surface area contributed by atoms with Crippen LogP contribution in [0, 0.1) is 5.92 Å². The van der Waals surface area contributed by atoms with Gasteiger partial charge in [-0.3, -0.25) is 4.90 Å². The van der Waals surface area contributed by atoms with Crippen molar-refractivity contribution in [3.63, 3.8) is 0 Å². The topological polar surface area (TPSA) is 153 Å². The van der Waals surface area contributed by atoms with Crippen LogP contribution in [0.4, 0.5) is 0 Å². The lowest BCUT2D eigenvalue weighted by atomic mass is 9.95. The molecule has 11 nitrogen and oxygen atoms in total. The van der Waals surface area contributed by atoms with E-state index in [2.05, 4.69) is 5.32 Å². The number of hydrogen-bond acceptors (Lipinski definition) is 11. The summed E-state index contributed by atoms with van der Waals surface area (Å²) in [5.41, 5.74) is 1.58. The van der Waals surface area contributed by atoms with Gasteiger partial charge in [0.1, 0.15) is 24.4 Å². The van der Waals surface area contributed by atoms with Gasteiger partial charge in [-0.15, -0.1) is 0 Å². The van der Waals surface area contributed by atoms with Crippen LogP contribution in [0.3, 0.4) is 0 Å². The highest BCUT2D eigenvalue weighted by molar-refractivity contribution is 5.17. The van der Waals surface area contributed by atoms with Crippen LogP contribution in [-0.4, -0.2) is 119 Å². The van der Waals surface area contributed by atoms with Gasteiger partial charge < -0.3 is 49.8 Å². The zero-order chi connectivity index (χ0) is 30.2. The van der Waals surface area contributed by atoms with Gasteiger partial charge in [-0.2, -0.15) is 0 Å². The van der Waals surface area contributed by atoms with E-state index in [1.54, 1.807) is 0 Å². The second kappa shape index (κ2) is 15.8. The van der Waals surface area contributed by atoms with Crippen molar-refractivity contribution < 1.29 is 44.5 Å². The molecule has 0 amide bonds. The zero-order valence-electron chi connectivity index (χ0n) is 24.4. The Hall–Kier alpha value is -2.00. The molecule has 3 aliphatic heterocycles. The van der Waals surface area contributed by atoms with E-state index in [1.165, 1.54) is 0 Å². The fraction of sp³-hybridized carbons (Fsp3) is 0.625. The minimum atomic E-state index is -1.41. The number of hydrogen-bond donors (Lipinski definition) is 6. The van der Waals surface area contributed by atoms with Crippen LogP contribution in [0.1, 0.15) is 43.0 Å². The predicted molar refractivity (Wildman–Crippen MR) is 157 cm³/mol. The maximum atomic E-state index is 11.2. The molecule has 3 saturated heterocycles. The van der Waals surface area contributed by atoms with Gasteiger partial charge in [0.2, 0.25) is 0 Å². The Morgan fingerprint density at radius 3 is 1.95 bits per heavy atom. The summed E-state index contributed by atoms with van der Waals surface area (Å²) >= 11 is 0. The first kappa shape index (κ1) is 32.4. The zero-order valence-corrected chi connectivity index (χ0v) is 24.4. The van der Waals surface area contributed by atoms with Gasteiger partial charge in [0, 0.05) is 30.8 Å². The summed E-state index contributed by atoms with van der Waals surface area (Å²) in [6.45, 7) is 2.75. The lowest BCUT2D eigenvalue weighted by Crippen LogP contribution is -2.55. The van der Waals surface area contributed by atoms with Crippen molar-refractivity contribution in [3.05, 3.63) is 71.8 Å². The molecule has 0 aromatic heterocycles. The molecule has 2 aromatic rings. The van der Waals surface area contributed by atoms with Gasteiger partial charge in [-0.1, -0.05) is 60.7 Å². The number of aliphatic hydroxyl groups is 5. The van der Waals surface area contributed by atoms with Crippen molar-refractivity contribution in [1.29, 1.82) is 0 Å². The molecule has 3 heterocycles. The maximum absolute atomic E-state index is 11.2. The standard InChI is InChI=1S/C32H46N2O9/c35-24(28(38)27-13-16-40-31(42-27)22-7-3-1-4-8-22)18-34(17-21-11-14-33-15-12-21)19-25(36)29(39)30-26(37)20-41-32(43-30)23-9-5-2-6-10-23/h1-10,21,24-33,35-39H,11-20H2/t24-,25-,26+,27+,28+,29+,30+,31?,32?/m0/s1. The molecule has 43 heavy (non-hydrogen) atoms. The third-order valence-electron chi connectivity index (χ3n) is 8.56. The quantitative estimate of drug-likeness (QED) is 0.204. The smallest absolute Gasteiger partial charge is 0.184 e. The molecular weight excluding hydrogens is 556 g/mol. The average molecular weight is 603 g/mol. The number of ether oxygens (including phenoxy) is 4. The molecule has 0 spiro atoms. The summed E-state index contributed by atoms with van der Waals surface area (Å²) in [7, 11) is 0. The Morgan fingerprint density at radius 1 is 0.744 bits per heavy atom. The number of rotatable bonds is 12. The van der Waals surface area contributed by atoms with Crippen LogP contribution in [0.25, 0.3) is 0 Å². The summed E-state index contributed by atoms with van der Waals surface area (Å²) in [4.78, 5) is 1.88. The Balaban J connectivity index is 1.22. The Kier molecular flexibility index (Phi) is 11.9. The Morgan fingerprint density at radius 2 is 1.33 bits per heavy atom. The van der Waals surface area contributed by atoms with Crippen molar-refractivity contribution in [2.45, 2.75) is 74.6 Å². The lowest BCUT2D eigenvalue weighted by Gasteiger charge is -2.40. The van der Waals surface area contributed by atoms with E-state index in [0.717, 1.165) is 37.1 Å². The Bertz CT molecular complexity index is 1080. The number of nitrogens with one attached hydrogen (secondary N) is 1. The van der Waals surface area contributed by atoms with E-state index in [0.29, 0.717) is 25.5 Å². The van der Waals surface area contributed by atoms with Gasteiger partial charge in [0.25, 0.3) is 0 Å². The van der Waals surface area contributed by atoms with Crippen molar-refractivity contribution in [1.82, 2.24) is 10.2 Å². The first-order valence-corrected chi connectivity index (χ1v) is 15.4. The van der Waals surface area contributed by atoms with Crippen molar-refractivity contribution >= 4 is 0 Å². The SMILES string of the molecule is O[C@H]([C@@H](O)CN(CC1CCNCC1)C[C@H](O)[C@@H](O)[C@@H]1OC(c2ccccc2)OC[C@H]1O)[C@H]1CCOC(c2ccccc2)O1. The summed E-state index contributed by atoms with van der Waals surface area (Å²) in [5.74, 6) is 0.323. The summed E-state index contributed by atoms with van der Waals surface area (Å²) in [6.07, 6.45) is -6.98. The molecule has 0 saturated carbocycles. The highest BCUT2D eigenvalue weighted by Crippen LogP contribution is 2.30. The Labute approximate surface area is 253 Å². The van der Waals surface area contributed by atoms with Crippen LogP contribution >= 0.6 is 0 Å². The molecule has 9 atom stereocenters. The highest BCUT2D eigenvalue weighted by Gasteiger charge is 2.41. The molecule has 3 fully saturated rings. The minimum Gasteiger partial charge on any atom is -0.389 e. The van der Waals surface area contributed by atoms with Gasteiger partial charge in [-0.05, 0) is 38.3 Å². The fourth-order valence-electron chi connectivity index (χ4n) is 6.10. The fourth-order valence-corrected chi connectivity index (χ4v) is 6.10. The normalized spacial score (nSPS) is 30.0. The number of aliphatic hydroxyl groups excluding tert-OH is 5. The van der Waals surface area contributed by atoms with Gasteiger partial charge in [-0.25, -0.2) is 0 Å². The third kappa shape index (κ3) is 8.80. The number of piperidine rings is 1. The van der Waals surface area contributed by atoms with E-state index < -0.39 is 55.3 Å². The van der Waals surface area contributed by atoms with Crippen molar-refractivity contribution in [2.75, 3.05) is 45.9 Å². The first-order valence-electron chi connectivity index (χ1n) is 15.4. The van der Waals surface area contributed by atoms with Crippen LogP contribution in [-0.2, 0) is 18.9 Å². The van der Waals surface area contributed by atoms with Crippen LogP contribution < -0.4 is 5.32 Å². The van der Waals surface area contributed by atoms with E-state index in [-0.39, 0.29) is 19.7 Å². The largest absolute Gasteiger partial charge is 0.389 e. The highest BCUT2D eigenvalue weighted by atomic mass is 16.7. The maximum Gasteiger partial charge on any atom is 0.184 e. The van der Waals surface area contributed by atoms with E-state index in [4.69, 9.17) is 18.9 Å². The first-order chi connectivity index (χ1) is 20.9. The third-order valence-corrected chi connectivity index (χ3v) is 8.56. The van der Waals surface area contributed by atoms with Gasteiger partial charge in [0.05, 0.1) is 31.5 Å². The summed E-state index contributed by atoms with van der Waals surface area (Å²) in [6, 6.07) is 18.7. The average Bonchev–Trinajstić information content (AvgIpc) is 3.05. The summed E-state index contributed by atoms with van der Waals surface area (Å²) < 4.78 is 23.3. The molecular formula is C32H46N2O9. The molecule has 2 aromatic carbocycles. The molecule has 3 aliphatic rings. The molecule has 11 heteroatoms. The summed E-state index contributed by atoms with van der Waals surface area (Å²) in [5, 5.41) is 58.6. The molecule has 2 unspecified atom stereocenters. The van der Waals surface area contributed by atoms with E-state index in [9.17, 15) is 25.5 Å².